The van der Waals surface area contributed by atoms with Crippen molar-refractivity contribution < 1.29 is 0 Å². The number of aromatic nitrogens is 3. The molecule has 30 heavy (non-hydrogen) atoms. The summed E-state index contributed by atoms with van der Waals surface area (Å²) in [4.78, 5) is 12.5. The highest BCUT2D eigenvalue weighted by molar-refractivity contribution is 6.38. The molecule has 2 saturated heterocycles. The van der Waals surface area contributed by atoms with Gasteiger partial charge in [0.2, 0.25) is 0 Å². The van der Waals surface area contributed by atoms with Crippen LogP contribution in [0.2, 0.25) is 6.82 Å². The molecule has 2 aromatic rings. The van der Waals surface area contributed by atoms with Crippen molar-refractivity contribution in [1.82, 2.24) is 24.6 Å². The molecule has 1 spiro atoms. The average molecular weight is 405 g/mol. The maximum atomic E-state index is 4.81. The number of anilines is 1. The monoisotopic (exact) mass is 405 g/mol. The summed E-state index contributed by atoms with van der Waals surface area (Å²) in [7, 11) is 6.79. The van der Waals surface area contributed by atoms with Gasteiger partial charge in [0.15, 0.2) is 0 Å². The quantitative estimate of drug-likeness (QED) is 0.731. The molecule has 3 fully saturated rings. The Labute approximate surface area is 181 Å². The van der Waals surface area contributed by atoms with Crippen molar-refractivity contribution in [3.63, 3.8) is 0 Å². The minimum atomic E-state index is 0.291. The molecular formula is C23H34BN6. The third-order valence-corrected chi connectivity index (χ3v) is 7.89. The predicted molar refractivity (Wildman–Crippen MR) is 123 cm³/mol. The lowest BCUT2D eigenvalue weighted by molar-refractivity contribution is 0.0156. The van der Waals surface area contributed by atoms with Crippen LogP contribution in [0, 0.1) is 12.3 Å². The zero-order valence-corrected chi connectivity index (χ0v) is 18.9. The average Bonchev–Trinajstić information content (AvgIpc) is 3.29. The number of aryl methyl sites for hydroxylation is 2. The van der Waals surface area contributed by atoms with Gasteiger partial charge in [0.05, 0.1) is 11.9 Å². The zero-order chi connectivity index (χ0) is 20.9. The minimum absolute atomic E-state index is 0.291. The lowest BCUT2D eigenvalue weighted by Gasteiger charge is -2.51. The smallest absolute Gasteiger partial charge is 0.138 e. The Kier molecular flexibility index (Phi) is 4.94. The van der Waals surface area contributed by atoms with Crippen molar-refractivity contribution in [3.8, 4) is 11.3 Å². The van der Waals surface area contributed by atoms with E-state index in [1.54, 1.807) is 0 Å². The number of pyridine rings is 1. The van der Waals surface area contributed by atoms with Gasteiger partial charge in [-0.25, -0.2) is 4.98 Å². The topological polar surface area (TPSA) is 40.4 Å². The van der Waals surface area contributed by atoms with Crippen LogP contribution in [0.1, 0.15) is 24.8 Å². The van der Waals surface area contributed by atoms with Crippen LogP contribution in [0.25, 0.3) is 11.3 Å². The summed E-state index contributed by atoms with van der Waals surface area (Å²) >= 11 is 0. The van der Waals surface area contributed by atoms with Gasteiger partial charge in [-0.1, -0.05) is 6.82 Å². The largest absolute Gasteiger partial charge is 0.353 e. The molecular weight excluding hydrogens is 371 g/mol. The van der Waals surface area contributed by atoms with Crippen molar-refractivity contribution in [3.05, 3.63) is 30.1 Å². The van der Waals surface area contributed by atoms with Crippen LogP contribution < -0.4 is 4.90 Å². The number of piperazine rings is 1. The normalized spacial score (nSPS) is 26.9. The lowest BCUT2D eigenvalue weighted by Crippen LogP contribution is -2.61. The van der Waals surface area contributed by atoms with Crippen LogP contribution in [0.15, 0.2) is 24.5 Å². The van der Waals surface area contributed by atoms with E-state index in [1.165, 1.54) is 49.2 Å². The molecule has 3 aliphatic rings. The predicted octanol–water partition coefficient (Wildman–Crippen LogP) is 2.48. The Hall–Kier alpha value is -1.86. The van der Waals surface area contributed by atoms with Gasteiger partial charge in [0, 0.05) is 58.1 Å². The summed E-state index contributed by atoms with van der Waals surface area (Å²) in [5, 5.41) is 4.45. The first-order valence-electron chi connectivity index (χ1n) is 11.4. The SMILES string of the molecule is C[B]C1(N2CCN(c3ncccc3-c3c(C)cnn3C)CC2)CCC2(CN(C)C2)C1. The molecule has 0 aromatic carbocycles. The van der Waals surface area contributed by atoms with Crippen LogP contribution >= 0.6 is 0 Å². The van der Waals surface area contributed by atoms with E-state index in [2.05, 4.69) is 53.9 Å². The first kappa shape index (κ1) is 20.1. The molecule has 0 bridgehead atoms. The summed E-state index contributed by atoms with van der Waals surface area (Å²) < 4.78 is 1.97. The standard InChI is InChI=1S/C23H34BN6/c1-18-14-26-28(4)20(18)19-6-5-9-25-21(19)29-10-12-30(13-11-29)23(24-2)8-7-22(15-23)16-27(3)17-22/h5-6,9,14H,7-8,10-13,15-17H2,1-4H3. The molecule has 4 heterocycles. The van der Waals surface area contributed by atoms with Crippen molar-refractivity contribution in [2.45, 2.75) is 38.4 Å². The third-order valence-electron chi connectivity index (χ3n) is 7.89. The van der Waals surface area contributed by atoms with E-state index in [1.807, 2.05) is 30.2 Å². The van der Waals surface area contributed by atoms with E-state index in [0.29, 0.717) is 10.9 Å². The van der Waals surface area contributed by atoms with Crippen molar-refractivity contribution >= 4 is 13.1 Å². The van der Waals surface area contributed by atoms with Crippen LogP contribution in [-0.4, -0.2) is 83.6 Å². The number of rotatable bonds is 4. The van der Waals surface area contributed by atoms with Gasteiger partial charge >= 0.3 is 0 Å². The van der Waals surface area contributed by atoms with E-state index in [4.69, 9.17) is 4.98 Å². The highest BCUT2D eigenvalue weighted by Crippen LogP contribution is 2.51. The lowest BCUT2D eigenvalue weighted by atomic mass is 9.56. The molecule has 5 rings (SSSR count). The van der Waals surface area contributed by atoms with E-state index in [9.17, 15) is 0 Å². The highest BCUT2D eigenvalue weighted by atomic mass is 15.3. The second-order valence-electron chi connectivity index (χ2n) is 9.89. The van der Waals surface area contributed by atoms with E-state index < -0.39 is 0 Å². The molecule has 1 atom stereocenters. The van der Waals surface area contributed by atoms with Crippen LogP contribution in [-0.2, 0) is 7.05 Å². The maximum absolute atomic E-state index is 4.81. The van der Waals surface area contributed by atoms with Crippen LogP contribution in [0.4, 0.5) is 5.82 Å². The van der Waals surface area contributed by atoms with Gasteiger partial charge < -0.3 is 14.7 Å². The molecule has 7 heteroatoms. The summed E-state index contributed by atoms with van der Waals surface area (Å²) in [6.07, 6.45) is 7.90. The molecule has 2 aromatic heterocycles. The van der Waals surface area contributed by atoms with Gasteiger partial charge in [0.1, 0.15) is 13.1 Å². The third kappa shape index (κ3) is 3.18. The highest BCUT2D eigenvalue weighted by Gasteiger charge is 2.54. The Morgan fingerprint density at radius 1 is 1.07 bits per heavy atom. The van der Waals surface area contributed by atoms with Crippen molar-refractivity contribution in [1.29, 1.82) is 0 Å². The molecule has 159 valence electrons. The Balaban J connectivity index is 1.33. The summed E-state index contributed by atoms with van der Waals surface area (Å²) in [6, 6.07) is 4.23. The minimum Gasteiger partial charge on any atom is -0.353 e. The molecule has 2 aliphatic heterocycles. The number of hydrogen-bond acceptors (Lipinski definition) is 5. The fraction of sp³-hybridized carbons (Fsp3) is 0.652. The second kappa shape index (κ2) is 7.38. The Bertz CT molecular complexity index is 893. The molecule has 1 radical (unpaired) electrons. The zero-order valence-electron chi connectivity index (χ0n) is 18.9. The first-order valence-corrected chi connectivity index (χ1v) is 11.4. The van der Waals surface area contributed by atoms with Crippen molar-refractivity contribution in [2.24, 2.45) is 12.5 Å². The van der Waals surface area contributed by atoms with E-state index >= 15 is 0 Å². The van der Waals surface area contributed by atoms with Gasteiger partial charge in [-0.3, -0.25) is 4.68 Å². The van der Waals surface area contributed by atoms with Gasteiger partial charge in [-0.2, -0.15) is 5.10 Å². The summed E-state index contributed by atoms with van der Waals surface area (Å²) in [6.45, 7) is 11.3. The summed E-state index contributed by atoms with van der Waals surface area (Å²) in [5.74, 6) is 1.10. The van der Waals surface area contributed by atoms with Crippen LogP contribution in [0.5, 0.6) is 0 Å². The van der Waals surface area contributed by atoms with Crippen LogP contribution in [0.3, 0.4) is 0 Å². The molecule has 1 saturated carbocycles. The fourth-order valence-corrected chi connectivity index (χ4v) is 6.51. The Morgan fingerprint density at radius 2 is 1.83 bits per heavy atom. The van der Waals surface area contributed by atoms with E-state index in [0.717, 1.165) is 32.0 Å². The van der Waals surface area contributed by atoms with E-state index in [-0.39, 0.29) is 0 Å². The first-order chi connectivity index (χ1) is 14.5. The molecule has 0 N–H and O–H groups in total. The summed E-state index contributed by atoms with van der Waals surface area (Å²) in [5.41, 5.74) is 4.43. The number of hydrogen-bond donors (Lipinski definition) is 0. The number of likely N-dealkylation sites (tertiary alicyclic amines) is 1. The fourth-order valence-electron chi connectivity index (χ4n) is 6.51. The molecule has 0 amide bonds. The van der Waals surface area contributed by atoms with Gasteiger partial charge in [0.25, 0.3) is 0 Å². The van der Waals surface area contributed by atoms with Crippen molar-refractivity contribution in [2.75, 3.05) is 51.2 Å². The Morgan fingerprint density at radius 3 is 2.47 bits per heavy atom. The second-order valence-corrected chi connectivity index (χ2v) is 9.89. The maximum Gasteiger partial charge on any atom is 0.138 e. The molecule has 6 nitrogen and oxygen atoms in total. The molecule has 1 unspecified atom stereocenters. The number of nitrogens with zero attached hydrogens (tertiary/aromatic N) is 6. The van der Waals surface area contributed by atoms with Gasteiger partial charge in [-0.15, -0.1) is 0 Å². The van der Waals surface area contributed by atoms with Gasteiger partial charge in [-0.05, 0) is 61.8 Å². The molecule has 1 aliphatic carbocycles.